The van der Waals surface area contributed by atoms with E-state index < -0.39 is 24.0 Å². The van der Waals surface area contributed by atoms with Crippen LogP contribution in [-0.2, 0) is 14.3 Å². The van der Waals surface area contributed by atoms with Gasteiger partial charge in [0, 0.05) is 51.6 Å². The average Bonchev–Trinajstić information content (AvgIpc) is 3.28. The summed E-state index contributed by atoms with van der Waals surface area (Å²) in [5, 5.41) is 19.5. The van der Waals surface area contributed by atoms with Crippen LogP contribution in [0.4, 0.5) is 10.5 Å². The Kier molecular flexibility index (Phi) is 6.11. The maximum atomic E-state index is 13.6. The monoisotopic (exact) mass is 472 g/mol. The summed E-state index contributed by atoms with van der Waals surface area (Å²) in [6, 6.07) is 8.79. The fraction of sp³-hybridized carbons (Fsp3) is 0.625. The molecule has 1 aromatic carbocycles. The van der Waals surface area contributed by atoms with E-state index in [-0.39, 0.29) is 23.8 Å². The first-order valence-corrected chi connectivity index (χ1v) is 12.0. The van der Waals surface area contributed by atoms with Crippen molar-refractivity contribution >= 4 is 23.6 Å². The smallest absolute Gasteiger partial charge is 0.408 e. The van der Waals surface area contributed by atoms with Gasteiger partial charge in [0.05, 0.1) is 5.92 Å². The molecule has 4 aliphatic rings. The summed E-state index contributed by atoms with van der Waals surface area (Å²) in [7, 11) is 0. The Bertz CT molecular complexity index is 931. The molecule has 1 aliphatic carbocycles. The molecule has 5 atom stereocenters. The maximum absolute atomic E-state index is 13.6. The fourth-order valence-corrected chi connectivity index (χ4v) is 6.42. The Morgan fingerprint density at radius 1 is 1.06 bits per heavy atom. The highest BCUT2D eigenvalue weighted by atomic mass is 16.5. The van der Waals surface area contributed by atoms with E-state index in [4.69, 9.17) is 4.74 Å². The summed E-state index contributed by atoms with van der Waals surface area (Å²) in [5.74, 6) is -1.36. The molecule has 10 nitrogen and oxygen atoms in total. The maximum Gasteiger partial charge on any atom is 0.408 e. The molecule has 10 heteroatoms. The zero-order chi connectivity index (χ0) is 23.9. The second-order valence-electron chi connectivity index (χ2n) is 10.1. The van der Waals surface area contributed by atoms with Crippen LogP contribution in [0.1, 0.15) is 19.3 Å². The minimum absolute atomic E-state index is 0.235. The molecule has 184 valence electrons. The van der Waals surface area contributed by atoms with Gasteiger partial charge in [-0.2, -0.15) is 0 Å². The van der Waals surface area contributed by atoms with Crippen LogP contribution < -0.4 is 10.4 Å². The van der Waals surface area contributed by atoms with E-state index in [0.717, 1.165) is 23.4 Å². The number of likely N-dealkylation sites (tertiary alicyclic amines) is 1. The summed E-state index contributed by atoms with van der Waals surface area (Å²) in [5.41, 5.74) is 2.44. The number of amides is 3. The van der Waals surface area contributed by atoms with Gasteiger partial charge in [-0.1, -0.05) is 18.2 Å². The molecule has 5 rings (SSSR count). The number of piperazine rings is 1. The second-order valence-corrected chi connectivity index (χ2v) is 10.1. The van der Waals surface area contributed by atoms with Gasteiger partial charge in [-0.25, -0.2) is 10.3 Å². The van der Waals surface area contributed by atoms with Crippen LogP contribution in [-0.4, -0.2) is 90.0 Å². The first-order valence-electron chi connectivity index (χ1n) is 12.0. The van der Waals surface area contributed by atoms with E-state index in [2.05, 4.69) is 4.90 Å². The van der Waals surface area contributed by atoms with Crippen LogP contribution in [0.5, 0.6) is 0 Å². The highest BCUT2D eigenvalue weighted by molar-refractivity contribution is 5.92. The number of hydrogen-bond donors (Lipinski definition) is 3. The minimum atomic E-state index is -1.20. The molecule has 0 radical (unpaired) electrons. The van der Waals surface area contributed by atoms with E-state index in [1.165, 1.54) is 0 Å². The van der Waals surface area contributed by atoms with Gasteiger partial charge >= 0.3 is 6.09 Å². The van der Waals surface area contributed by atoms with Gasteiger partial charge in [0.15, 0.2) is 0 Å². The van der Waals surface area contributed by atoms with Gasteiger partial charge in [-0.3, -0.25) is 19.7 Å². The summed E-state index contributed by atoms with van der Waals surface area (Å²) in [4.78, 5) is 43.7. The molecule has 1 spiro atoms. The average molecular weight is 473 g/mol. The Labute approximate surface area is 198 Å². The first-order chi connectivity index (χ1) is 16.4. The van der Waals surface area contributed by atoms with Crippen LogP contribution in [0.2, 0.25) is 0 Å². The van der Waals surface area contributed by atoms with Crippen LogP contribution in [0.25, 0.3) is 0 Å². The number of ether oxygens (including phenoxy) is 1. The zero-order valence-corrected chi connectivity index (χ0v) is 19.1. The van der Waals surface area contributed by atoms with Gasteiger partial charge in [0.25, 0.3) is 0 Å². The fourth-order valence-electron chi connectivity index (χ4n) is 6.42. The minimum Gasteiger partial charge on any atom is -0.465 e. The molecule has 4 fully saturated rings. The molecular formula is C24H32N4O6. The predicted octanol–water partition coefficient (Wildman–Crippen LogP) is 1.25. The lowest BCUT2D eigenvalue weighted by Crippen LogP contribution is -2.63. The van der Waals surface area contributed by atoms with Crippen molar-refractivity contribution in [2.45, 2.75) is 25.3 Å². The van der Waals surface area contributed by atoms with Crippen LogP contribution in [0.15, 0.2) is 30.3 Å². The number of carbonyl (C=O) groups is 3. The van der Waals surface area contributed by atoms with Crippen LogP contribution in [0, 0.1) is 23.2 Å². The first kappa shape index (κ1) is 22.9. The van der Waals surface area contributed by atoms with E-state index in [1.807, 2.05) is 30.3 Å². The Hall–Kier alpha value is -2.85. The second kappa shape index (κ2) is 9.07. The summed E-state index contributed by atoms with van der Waals surface area (Å²) in [6.07, 6.45) is 0.940. The third-order valence-electron chi connectivity index (χ3n) is 8.27. The molecule has 0 bridgehead atoms. The topological polar surface area (TPSA) is 123 Å². The third-order valence-corrected chi connectivity index (χ3v) is 8.27. The lowest BCUT2D eigenvalue weighted by Gasteiger charge is -2.45. The van der Waals surface area contributed by atoms with Crippen molar-refractivity contribution < 1.29 is 29.4 Å². The normalized spacial score (nSPS) is 33.1. The molecular weight excluding hydrogens is 440 g/mol. The number of benzene rings is 1. The molecule has 3 saturated heterocycles. The van der Waals surface area contributed by atoms with E-state index >= 15 is 0 Å². The number of nitrogens with one attached hydrogen (secondary N) is 1. The highest BCUT2D eigenvalue weighted by Crippen LogP contribution is 2.64. The van der Waals surface area contributed by atoms with Crippen molar-refractivity contribution in [3.05, 3.63) is 30.3 Å². The van der Waals surface area contributed by atoms with Gasteiger partial charge in [-0.15, -0.1) is 0 Å². The van der Waals surface area contributed by atoms with Crippen molar-refractivity contribution in [1.82, 2.24) is 15.3 Å². The summed E-state index contributed by atoms with van der Waals surface area (Å²) in [6.45, 7) is 3.73. The number of piperidine rings is 1. The Morgan fingerprint density at radius 3 is 2.41 bits per heavy atom. The Morgan fingerprint density at radius 2 is 1.79 bits per heavy atom. The molecule has 3 heterocycles. The molecule has 3 amide bonds. The van der Waals surface area contributed by atoms with Gasteiger partial charge in [0.1, 0.15) is 6.04 Å². The third kappa shape index (κ3) is 4.09. The van der Waals surface area contributed by atoms with Crippen LogP contribution >= 0.6 is 0 Å². The van der Waals surface area contributed by atoms with E-state index in [9.17, 15) is 24.7 Å². The molecule has 2 unspecified atom stereocenters. The Balaban J connectivity index is 1.33. The van der Waals surface area contributed by atoms with Crippen molar-refractivity contribution in [3.63, 3.8) is 0 Å². The number of carbonyl (C=O) groups excluding carboxylic acids is 2. The van der Waals surface area contributed by atoms with E-state index in [0.29, 0.717) is 51.7 Å². The van der Waals surface area contributed by atoms with Gasteiger partial charge < -0.3 is 19.6 Å². The summed E-state index contributed by atoms with van der Waals surface area (Å²) < 4.78 is 5.53. The molecule has 0 aromatic heterocycles. The standard InChI is InChI=1S/C24H32N4O6/c29-21(25-33)18-12-24(13-19(24)16-6-11-34-14-16)15-28(23(31)32)20(18)22(30)27-9-7-26(8-10-27)17-4-2-1-3-5-17/h1-5,16,18-20,33H,6-15H2,(H,25,29)(H,31,32)/t16?,18-,19?,20-,24+/m0/s1. The molecule has 3 aliphatic heterocycles. The van der Waals surface area contributed by atoms with Gasteiger partial charge in [-0.05, 0) is 48.6 Å². The highest BCUT2D eigenvalue weighted by Gasteiger charge is 2.64. The van der Waals surface area contributed by atoms with Crippen molar-refractivity contribution in [3.8, 4) is 0 Å². The number of hydroxylamine groups is 1. The zero-order valence-electron chi connectivity index (χ0n) is 19.1. The SMILES string of the molecule is O=C(NO)[C@H]1C[C@@]2(CC2C2CCOC2)CN(C(=O)O)[C@@H]1C(=O)N1CCN(c2ccccc2)CC1. The van der Waals surface area contributed by atoms with Gasteiger partial charge in [0.2, 0.25) is 11.8 Å². The quantitative estimate of drug-likeness (QED) is 0.445. The lowest BCUT2D eigenvalue weighted by molar-refractivity contribution is -0.150. The number of carboxylic acid groups (broad SMARTS) is 1. The largest absolute Gasteiger partial charge is 0.465 e. The van der Waals surface area contributed by atoms with E-state index in [1.54, 1.807) is 10.4 Å². The molecule has 34 heavy (non-hydrogen) atoms. The van der Waals surface area contributed by atoms with Crippen molar-refractivity contribution in [1.29, 1.82) is 0 Å². The van der Waals surface area contributed by atoms with Crippen LogP contribution in [0.3, 0.4) is 0 Å². The number of rotatable bonds is 4. The molecule has 1 saturated carbocycles. The number of para-hydroxylation sites is 1. The predicted molar refractivity (Wildman–Crippen MR) is 121 cm³/mol. The number of hydrogen-bond acceptors (Lipinski definition) is 6. The molecule has 3 N–H and O–H groups in total. The number of nitrogens with zero attached hydrogens (tertiary/aromatic N) is 3. The summed E-state index contributed by atoms with van der Waals surface area (Å²) >= 11 is 0. The van der Waals surface area contributed by atoms with Crippen molar-refractivity contribution in [2.75, 3.05) is 50.8 Å². The molecule has 1 aromatic rings. The number of anilines is 1. The van der Waals surface area contributed by atoms with Crippen molar-refractivity contribution in [2.24, 2.45) is 23.2 Å². The lowest BCUT2D eigenvalue weighted by atomic mass is 9.77.